The molecule has 8 nitrogen and oxygen atoms in total. The highest BCUT2D eigenvalue weighted by Gasteiger charge is 2.42. The van der Waals surface area contributed by atoms with Crippen LogP contribution >= 0.6 is 0 Å². The summed E-state index contributed by atoms with van der Waals surface area (Å²) in [5.74, 6) is -1.02. The molecule has 142 valence electrons. The summed E-state index contributed by atoms with van der Waals surface area (Å²) in [7, 11) is -2.71. The molecule has 1 atom stereocenters. The van der Waals surface area contributed by atoms with Gasteiger partial charge in [0, 0.05) is 32.0 Å². The van der Waals surface area contributed by atoms with Gasteiger partial charge in [0.1, 0.15) is 6.04 Å². The molecule has 0 N–H and O–H groups in total. The van der Waals surface area contributed by atoms with Crippen molar-refractivity contribution in [2.75, 3.05) is 26.7 Å². The van der Waals surface area contributed by atoms with Crippen LogP contribution in [-0.4, -0.2) is 67.3 Å². The summed E-state index contributed by atoms with van der Waals surface area (Å²) in [6.45, 7) is 0.0583. The molecule has 1 aromatic heterocycles. The molecule has 1 aliphatic rings. The first kappa shape index (κ1) is 19.0. The van der Waals surface area contributed by atoms with Crippen LogP contribution in [0.25, 0.3) is 0 Å². The quantitative estimate of drug-likeness (QED) is 0.717. The number of sulfonamides is 1. The van der Waals surface area contributed by atoms with Crippen LogP contribution in [0.15, 0.2) is 59.8 Å². The Morgan fingerprint density at radius 2 is 1.85 bits per heavy atom. The molecule has 1 saturated heterocycles. The molecular weight excluding hydrogens is 370 g/mol. The lowest BCUT2D eigenvalue weighted by molar-refractivity contribution is -0.146. The molecule has 0 bridgehead atoms. The van der Waals surface area contributed by atoms with Gasteiger partial charge >= 0.3 is 5.97 Å². The van der Waals surface area contributed by atoms with Crippen molar-refractivity contribution in [2.45, 2.75) is 10.9 Å². The molecule has 9 heteroatoms. The zero-order valence-corrected chi connectivity index (χ0v) is 15.5. The van der Waals surface area contributed by atoms with E-state index in [0.29, 0.717) is 5.56 Å². The number of pyridine rings is 1. The SMILES string of the molecule is COC(=O)[C@H]1CN(C(=O)c2cccnc2)CCN1S(=O)(=O)c1ccccc1. The molecule has 0 spiro atoms. The maximum atomic E-state index is 13.0. The second-order valence-corrected chi connectivity index (χ2v) is 7.85. The number of rotatable bonds is 4. The second-order valence-electron chi connectivity index (χ2n) is 5.96. The van der Waals surface area contributed by atoms with Crippen molar-refractivity contribution >= 4 is 21.9 Å². The monoisotopic (exact) mass is 389 g/mol. The van der Waals surface area contributed by atoms with Crippen LogP contribution in [0.4, 0.5) is 0 Å². The number of nitrogens with zero attached hydrogens (tertiary/aromatic N) is 3. The van der Waals surface area contributed by atoms with Crippen molar-refractivity contribution in [1.82, 2.24) is 14.2 Å². The van der Waals surface area contributed by atoms with Crippen molar-refractivity contribution in [2.24, 2.45) is 0 Å². The van der Waals surface area contributed by atoms with E-state index in [2.05, 4.69) is 4.98 Å². The third-order valence-electron chi connectivity index (χ3n) is 4.35. The van der Waals surface area contributed by atoms with Crippen LogP contribution in [0.1, 0.15) is 10.4 Å². The van der Waals surface area contributed by atoms with Crippen molar-refractivity contribution in [3.8, 4) is 0 Å². The lowest BCUT2D eigenvalue weighted by atomic mass is 10.1. The van der Waals surface area contributed by atoms with Gasteiger partial charge in [-0.2, -0.15) is 4.31 Å². The van der Waals surface area contributed by atoms with Crippen molar-refractivity contribution in [1.29, 1.82) is 0 Å². The van der Waals surface area contributed by atoms with Gasteiger partial charge in [0.2, 0.25) is 10.0 Å². The fraction of sp³-hybridized carbons (Fsp3) is 0.278. The number of ether oxygens (including phenoxy) is 1. The Morgan fingerprint density at radius 1 is 1.11 bits per heavy atom. The molecule has 2 aromatic rings. The first-order valence-electron chi connectivity index (χ1n) is 8.29. The van der Waals surface area contributed by atoms with Gasteiger partial charge in [0.05, 0.1) is 17.6 Å². The van der Waals surface area contributed by atoms with E-state index in [9.17, 15) is 18.0 Å². The Hall–Kier alpha value is -2.78. The van der Waals surface area contributed by atoms with E-state index in [0.717, 1.165) is 4.31 Å². The minimum atomic E-state index is -3.90. The first-order chi connectivity index (χ1) is 12.9. The number of carbonyl (C=O) groups excluding carboxylic acids is 2. The molecule has 3 rings (SSSR count). The number of hydrogen-bond donors (Lipinski definition) is 0. The van der Waals surface area contributed by atoms with E-state index in [1.54, 1.807) is 36.5 Å². The lowest BCUT2D eigenvalue weighted by Gasteiger charge is -2.38. The van der Waals surface area contributed by atoms with Gasteiger partial charge in [-0.3, -0.25) is 14.6 Å². The Morgan fingerprint density at radius 3 is 2.48 bits per heavy atom. The maximum Gasteiger partial charge on any atom is 0.326 e. The lowest BCUT2D eigenvalue weighted by Crippen LogP contribution is -2.59. The zero-order valence-electron chi connectivity index (χ0n) is 14.7. The van der Waals surface area contributed by atoms with E-state index in [1.165, 1.54) is 30.3 Å². The summed E-state index contributed by atoms with van der Waals surface area (Å²) in [6, 6.07) is 10.0. The molecule has 1 fully saturated rings. The van der Waals surface area contributed by atoms with E-state index in [4.69, 9.17) is 4.74 Å². The third-order valence-corrected chi connectivity index (χ3v) is 6.27. The average Bonchev–Trinajstić information content (AvgIpc) is 2.73. The molecule has 0 saturated carbocycles. The number of methoxy groups -OCH3 is 1. The van der Waals surface area contributed by atoms with Gasteiger partial charge in [0.15, 0.2) is 0 Å². The van der Waals surface area contributed by atoms with Gasteiger partial charge in [-0.25, -0.2) is 8.42 Å². The van der Waals surface area contributed by atoms with Gasteiger partial charge in [-0.1, -0.05) is 18.2 Å². The fourth-order valence-corrected chi connectivity index (χ4v) is 4.55. The molecule has 0 radical (unpaired) electrons. The van der Waals surface area contributed by atoms with Crippen molar-refractivity contribution < 1.29 is 22.7 Å². The molecule has 0 aliphatic carbocycles. The van der Waals surface area contributed by atoms with Gasteiger partial charge < -0.3 is 9.64 Å². The number of carbonyl (C=O) groups is 2. The van der Waals surface area contributed by atoms with Crippen molar-refractivity contribution in [3.63, 3.8) is 0 Å². The summed E-state index contributed by atoms with van der Waals surface area (Å²) in [6.07, 6.45) is 2.99. The van der Waals surface area contributed by atoms with Gasteiger partial charge in [0.25, 0.3) is 5.91 Å². The van der Waals surface area contributed by atoms with E-state index in [1.807, 2.05) is 0 Å². The molecule has 1 aliphatic heterocycles. The zero-order chi connectivity index (χ0) is 19.4. The summed E-state index contributed by atoms with van der Waals surface area (Å²) in [5, 5.41) is 0. The number of piperazine rings is 1. The van der Waals surface area contributed by atoms with E-state index < -0.39 is 22.0 Å². The number of esters is 1. The predicted molar refractivity (Wildman–Crippen MR) is 96.3 cm³/mol. The Bertz CT molecular complexity index is 919. The van der Waals surface area contributed by atoms with Gasteiger partial charge in [-0.15, -0.1) is 0 Å². The largest absolute Gasteiger partial charge is 0.468 e. The van der Waals surface area contributed by atoms with Crippen LogP contribution < -0.4 is 0 Å². The normalized spacial score (nSPS) is 18.1. The number of benzene rings is 1. The van der Waals surface area contributed by atoms with Gasteiger partial charge in [-0.05, 0) is 24.3 Å². The van der Waals surface area contributed by atoms with Crippen LogP contribution in [0.2, 0.25) is 0 Å². The Labute approximate surface area is 157 Å². The third kappa shape index (κ3) is 3.83. The smallest absolute Gasteiger partial charge is 0.326 e. The van der Waals surface area contributed by atoms with Crippen LogP contribution in [0, 0.1) is 0 Å². The molecule has 1 amide bonds. The molecule has 1 aromatic carbocycles. The predicted octanol–water partition coefficient (Wildman–Crippen LogP) is 0.770. The number of amides is 1. The van der Waals surface area contributed by atoms with Crippen LogP contribution in [0.3, 0.4) is 0 Å². The number of hydrogen-bond acceptors (Lipinski definition) is 6. The first-order valence-corrected chi connectivity index (χ1v) is 9.73. The highest BCUT2D eigenvalue weighted by Crippen LogP contribution is 2.23. The Kier molecular flexibility index (Phi) is 5.52. The minimum Gasteiger partial charge on any atom is -0.468 e. The molecule has 0 unspecified atom stereocenters. The summed E-state index contributed by atoms with van der Waals surface area (Å²) in [4.78, 5) is 30.4. The molecule has 2 heterocycles. The maximum absolute atomic E-state index is 13.0. The topological polar surface area (TPSA) is 96.9 Å². The van der Waals surface area contributed by atoms with Crippen LogP contribution in [-0.2, 0) is 19.6 Å². The van der Waals surface area contributed by atoms with Crippen molar-refractivity contribution in [3.05, 3.63) is 60.4 Å². The summed E-state index contributed by atoms with van der Waals surface area (Å²) in [5.41, 5.74) is 0.375. The summed E-state index contributed by atoms with van der Waals surface area (Å²) >= 11 is 0. The number of aromatic nitrogens is 1. The highest BCUT2D eigenvalue weighted by molar-refractivity contribution is 7.89. The van der Waals surface area contributed by atoms with E-state index >= 15 is 0 Å². The Balaban J connectivity index is 1.88. The van der Waals surface area contributed by atoms with E-state index in [-0.39, 0.29) is 30.4 Å². The molecule has 27 heavy (non-hydrogen) atoms. The minimum absolute atomic E-state index is 0.0109. The highest BCUT2D eigenvalue weighted by atomic mass is 32.2. The standard InChI is InChI=1S/C18H19N3O5S/c1-26-18(23)16-13-20(17(22)14-6-5-9-19-12-14)10-11-21(16)27(24,25)15-7-3-2-4-8-15/h2-9,12,16H,10-11,13H2,1H3/t16-/m1/s1. The molecular formula is C18H19N3O5S. The second kappa shape index (κ2) is 7.85. The summed E-state index contributed by atoms with van der Waals surface area (Å²) < 4.78 is 31.8. The average molecular weight is 389 g/mol. The van der Waals surface area contributed by atoms with Crippen LogP contribution in [0.5, 0.6) is 0 Å². The fourth-order valence-electron chi connectivity index (χ4n) is 2.97.